The third-order valence-electron chi connectivity index (χ3n) is 2.97. The predicted molar refractivity (Wildman–Crippen MR) is 83.4 cm³/mol. The first-order chi connectivity index (χ1) is 11.5. The van der Waals surface area contributed by atoms with Gasteiger partial charge in [-0.05, 0) is 35.4 Å². The zero-order chi connectivity index (χ0) is 17.5. The van der Waals surface area contributed by atoms with Gasteiger partial charge in [0.15, 0.2) is 0 Å². The summed E-state index contributed by atoms with van der Waals surface area (Å²) >= 11 is 0. The molecule has 2 rings (SSSR count). The van der Waals surface area contributed by atoms with Crippen molar-refractivity contribution in [2.45, 2.75) is 13.2 Å². The Bertz CT molecular complexity index is 683. The van der Waals surface area contributed by atoms with E-state index in [0.717, 1.165) is 0 Å². The standard InChI is InChI=1S/C14H12N2O7P/c17-15(18)13-5-1-11(2-6-13)9-22-24(21)23-10-12-3-7-14(8-4-12)16(19)20/h1-8H,9-10H2/q+1. The summed E-state index contributed by atoms with van der Waals surface area (Å²) in [5.41, 5.74) is 1.14. The molecule has 10 heteroatoms. The third kappa shape index (κ3) is 5.17. The summed E-state index contributed by atoms with van der Waals surface area (Å²) in [5.74, 6) is 0. The molecule has 0 amide bonds. The molecule has 0 N–H and O–H groups in total. The van der Waals surface area contributed by atoms with Crippen molar-refractivity contribution >= 4 is 19.6 Å². The Morgan fingerprint density at radius 1 is 0.750 bits per heavy atom. The Labute approximate surface area is 137 Å². The molecule has 9 nitrogen and oxygen atoms in total. The highest BCUT2D eigenvalue weighted by atomic mass is 31.1. The zero-order valence-corrected chi connectivity index (χ0v) is 13.1. The molecule has 0 heterocycles. The van der Waals surface area contributed by atoms with E-state index in [4.69, 9.17) is 9.05 Å². The molecule has 0 atom stereocenters. The topological polar surface area (TPSA) is 122 Å². The monoisotopic (exact) mass is 351 g/mol. The lowest BCUT2D eigenvalue weighted by Gasteiger charge is -1.97. The van der Waals surface area contributed by atoms with Crippen LogP contribution in [-0.4, -0.2) is 9.85 Å². The molecular formula is C14H12N2O7P+. The van der Waals surface area contributed by atoms with E-state index in [9.17, 15) is 24.8 Å². The Kier molecular flexibility index (Phi) is 6.02. The van der Waals surface area contributed by atoms with Crippen molar-refractivity contribution in [3.05, 3.63) is 79.9 Å². The Hall–Kier alpha value is -2.74. The number of nitro benzene ring substituents is 2. The smallest absolute Gasteiger partial charge is 0.258 e. The number of nitrogens with zero attached hydrogens (tertiary/aromatic N) is 2. The molecule has 0 unspecified atom stereocenters. The molecule has 124 valence electrons. The molecule has 0 bridgehead atoms. The number of rotatable bonds is 8. The van der Waals surface area contributed by atoms with E-state index in [2.05, 4.69) is 0 Å². The van der Waals surface area contributed by atoms with Gasteiger partial charge >= 0.3 is 8.25 Å². The summed E-state index contributed by atoms with van der Waals surface area (Å²) in [5, 5.41) is 21.1. The largest absolute Gasteiger partial charge is 0.698 e. The van der Waals surface area contributed by atoms with Crippen molar-refractivity contribution in [2.75, 3.05) is 0 Å². The average molecular weight is 351 g/mol. The van der Waals surface area contributed by atoms with Crippen molar-refractivity contribution in [1.29, 1.82) is 0 Å². The van der Waals surface area contributed by atoms with E-state index in [-0.39, 0.29) is 24.6 Å². The highest BCUT2D eigenvalue weighted by Crippen LogP contribution is 2.28. The molecule has 0 aliphatic rings. The van der Waals surface area contributed by atoms with Gasteiger partial charge in [0.1, 0.15) is 13.2 Å². The summed E-state index contributed by atoms with van der Waals surface area (Å²) < 4.78 is 21.7. The van der Waals surface area contributed by atoms with Crippen LogP contribution in [0.1, 0.15) is 11.1 Å². The first-order valence-corrected chi connectivity index (χ1v) is 7.75. The number of nitro groups is 2. The first-order valence-electron chi connectivity index (χ1n) is 6.65. The minimum absolute atomic E-state index is 0.0204. The number of hydrogen-bond acceptors (Lipinski definition) is 7. The second-order valence-corrected chi connectivity index (χ2v) is 5.58. The normalized spacial score (nSPS) is 10.3. The van der Waals surface area contributed by atoms with E-state index in [0.29, 0.717) is 11.1 Å². The van der Waals surface area contributed by atoms with E-state index in [1.807, 2.05) is 0 Å². The summed E-state index contributed by atoms with van der Waals surface area (Å²) in [4.78, 5) is 20.0. The minimum Gasteiger partial charge on any atom is -0.258 e. The number of hydrogen-bond donors (Lipinski definition) is 0. The van der Waals surface area contributed by atoms with Crippen molar-refractivity contribution in [3.63, 3.8) is 0 Å². The van der Waals surface area contributed by atoms with Crippen LogP contribution in [0.15, 0.2) is 48.5 Å². The SMILES string of the molecule is O=[N+]([O-])c1ccc(CO[P+](=O)OCc2ccc([N+](=O)[O-])cc2)cc1. The van der Waals surface area contributed by atoms with E-state index in [1.54, 1.807) is 0 Å². The predicted octanol–water partition coefficient (Wildman–Crippen LogP) is 3.89. The lowest BCUT2D eigenvalue weighted by atomic mass is 10.2. The maximum absolute atomic E-state index is 11.6. The molecule has 0 spiro atoms. The Morgan fingerprint density at radius 2 is 1.08 bits per heavy atom. The lowest BCUT2D eigenvalue weighted by molar-refractivity contribution is -0.385. The van der Waals surface area contributed by atoms with Crippen LogP contribution < -0.4 is 0 Å². The molecular weight excluding hydrogens is 339 g/mol. The third-order valence-corrected chi connectivity index (χ3v) is 3.65. The number of non-ortho nitro benzene ring substituents is 2. The van der Waals surface area contributed by atoms with Gasteiger partial charge in [-0.1, -0.05) is 0 Å². The maximum atomic E-state index is 11.6. The fourth-order valence-corrected chi connectivity index (χ4v) is 2.30. The van der Waals surface area contributed by atoms with Crippen LogP contribution in [0.4, 0.5) is 11.4 Å². The maximum Gasteiger partial charge on any atom is 0.698 e. The van der Waals surface area contributed by atoms with Gasteiger partial charge in [-0.25, -0.2) is 0 Å². The Balaban J connectivity index is 1.78. The fourth-order valence-electron chi connectivity index (χ4n) is 1.72. The van der Waals surface area contributed by atoms with Gasteiger partial charge in [0.2, 0.25) is 0 Å². The van der Waals surface area contributed by atoms with Gasteiger partial charge in [-0.2, -0.15) is 0 Å². The van der Waals surface area contributed by atoms with Crippen LogP contribution in [0, 0.1) is 20.2 Å². The van der Waals surface area contributed by atoms with Crippen LogP contribution in [-0.2, 0) is 26.8 Å². The molecule has 0 fully saturated rings. The van der Waals surface area contributed by atoms with Crippen LogP contribution >= 0.6 is 8.25 Å². The molecule has 0 radical (unpaired) electrons. The van der Waals surface area contributed by atoms with Gasteiger partial charge < -0.3 is 0 Å². The fraction of sp³-hybridized carbons (Fsp3) is 0.143. The van der Waals surface area contributed by atoms with E-state index in [1.165, 1.54) is 48.5 Å². The highest BCUT2D eigenvalue weighted by Gasteiger charge is 2.21. The summed E-state index contributed by atoms with van der Waals surface area (Å²) in [6.07, 6.45) is 0. The molecule has 0 saturated carbocycles. The summed E-state index contributed by atoms with van der Waals surface area (Å²) in [6, 6.07) is 11.3. The first kappa shape index (κ1) is 17.6. The van der Waals surface area contributed by atoms with Crippen LogP contribution in [0.25, 0.3) is 0 Å². The number of benzene rings is 2. The van der Waals surface area contributed by atoms with Gasteiger partial charge in [-0.15, -0.1) is 9.05 Å². The molecule has 0 saturated heterocycles. The van der Waals surface area contributed by atoms with Gasteiger partial charge in [0, 0.05) is 28.8 Å². The van der Waals surface area contributed by atoms with Crippen molar-refractivity contribution in [1.82, 2.24) is 0 Å². The molecule has 0 aromatic heterocycles. The lowest BCUT2D eigenvalue weighted by Crippen LogP contribution is -1.92. The average Bonchev–Trinajstić information content (AvgIpc) is 2.58. The van der Waals surface area contributed by atoms with Crippen LogP contribution in [0.2, 0.25) is 0 Å². The molecule has 2 aromatic carbocycles. The van der Waals surface area contributed by atoms with Gasteiger partial charge in [0.25, 0.3) is 11.4 Å². The minimum atomic E-state index is -2.39. The zero-order valence-electron chi connectivity index (χ0n) is 12.2. The van der Waals surface area contributed by atoms with E-state index < -0.39 is 18.1 Å². The van der Waals surface area contributed by atoms with Crippen LogP contribution in [0.3, 0.4) is 0 Å². The van der Waals surface area contributed by atoms with E-state index >= 15 is 0 Å². The highest BCUT2D eigenvalue weighted by molar-refractivity contribution is 7.33. The molecule has 24 heavy (non-hydrogen) atoms. The quantitative estimate of drug-likeness (QED) is 0.401. The Morgan fingerprint density at radius 3 is 1.38 bits per heavy atom. The molecule has 2 aromatic rings. The molecule has 0 aliphatic heterocycles. The van der Waals surface area contributed by atoms with Gasteiger partial charge in [-0.3, -0.25) is 20.2 Å². The molecule has 0 aliphatic carbocycles. The summed E-state index contributed by atoms with van der Waals surface area (Å²) in [6.45, 7) is -0.0408. The van der Waals surface area contributed by atoms with Crippen molar-refractivity contribution in [3.8, 4) is 0 Å². The summed E-state index contributed by atoms with van der Waals surface area (Å²) in [7, 11) is -2.39. The van der Waals surface area contributed by atoms with Crippen molar-refractivity contribution < 1.29 is 23.5 Å². The second kappa shape index (κ2) is 8.21. The van der Waals surface area contributed by atoms with Gasteiger partial charge in [0.05, 0.1) is 9.85 Å². The van der Waals surface area contributed by atoms with Crippen LogP contribution in [0.5, 0.6) is 0 Å². The second-order valence-electron chi connectivity index (χ2n) is 4.62. The van der Waals surface area contributed by atoms with Crippen molar-refractivity contribution in [2.24, 2.45) is 0 Å².